The summed E-state index contributed by atoms with van der Waals surface area (Å²) >= 11 is 2.59. The Hall–Kier alpha value is -0.720. The van der Waals surface area contributed by atoms with Gasteiger partial charge < -0.3 is 0 Å². The third-order valence-corrected chi connectivity index (χ3v) is 0.756. The van der Waals surface area contributed by atoms with Gasteiger partial charge in [0.05, 0.1) is 0 Å². The van der Waals surface area contributed by atoms with E-state index in [1.807, 2.05) is 0 Å². The minimum Gasteiger partial charge on any atom is -0.272 e. The van der Waals surface area contributed by atoms with Gasteiger partial charge in [0.2, 0.25) is 0 Å². The van der Waals surface area contributed by atoms with E-state index in [0.29, 0.717) is 0 Å². The van der Waals surface area contributed by atoms with E-state index < -0.39 is 16.1 Å². The molecule has 0 bridgehead atoms. The molecule has 0 spiro atoms. The van der Waals surface area contributed by atoms with Crippen LogP contribution in [0.4, 0.5) is 8.78 Å². The van der Waals surface area contributed by atoms with Gasteiger partial charge in [0.25, 0.3) is 0 Å². The summed E-state index contributed by atoms with van der Waals surface area (Å²) in [4.78, 5) is 16.8. The van der Waals surface area contributed by atoms with Gasteiger partial charge >= 0.3 is 11.2 Å². The molecule has 0 saturated carbocycles. The zero-order valence-corrected chi connectivity index (χ0v) is 4.77. The number of thiol groups is 1. The molecule has 0 N–H and O–H groups in total. The van der Waals surface area contributed by atoms with Crippen LogP contribution in [0.25, 0.3) is 0 Å². The van der Waals surface area contributed by atoms with Crippen LogP contribution in [-0.2, 0) is 4.79 Å². The molecule has 0 unspecified atom stereocenters. The number of halogens is 2. The van der Waals surface area contributed by atoms with Gasteiger partial charge in [-0.05, 0) is 0 Å². The van der Waals surface area contributed by atoms with Gasteiger partial charge in [0, 0.05) is 0 Å². The van der Waals surface area contributed by atoms with Gasteiger partial charge in [0.1, 0.15) is 4.92 Å². The molecule has 0 aliphatic carbocycles. The van der Waals surface area contributed by atoms with Crippen molar-refractivity contribution in [1.29, 1.82) is 0 Å². The minimum absolute atomic E-state index is 2.00. The van der Waals surface area contributed by atoms with Crippen LogP contribution >= 0.6 is 12.6 Å². The molecular weight excluding hydrogens is 156 g/mol. The number of hydrogen-bond acceptors (Lipinski definition) is 3. The van der Waals surface area contributed by atoms with Crippen molar-refractivity contribution in [1.82, 2.24) is 0 Å². The molecule has 4 nitrogen and oxygen atoms in total. The summed E-state index contributed by atoms with van der Waals surface area (Å²) in [7, 11) is 0. The van der Waals surface area contributed by atoms with Crippen LogP contribution in [0.5, 0.6) is 0 Å². The zero-order valence-electron chi connectivity index (χ0n) is 3.88. The number of nitrogens with zero attached hydrogens (tertiary/aromatic N) is 1. The average Bonchev–Trinajstić information content (AvgIpc) is 1.65. The number of nitro groups is 1. The predicted molar refractivity (Wildman–Crippen MR) is 25.9 cm³/mol. The summed E-state index contributed by atoms with van der Waals surface area (Å²) in [5, 5.41) is 7.19. The summed E-state index contributed by atoms with van der Waals surface area (Å²) in [6.45, 7) is 0. The lowest BCUT2D eigenvalue weighted by Crippen LogP contribution is -2.33. The second kappa shape index (κ2) is 2.26. The molecule has 9 heavy (non-hydrogen) atoms. The molecule has 0 amide bonds. The molecular formula is C2HF2NO3S. The van der Waals surface area contributed by atoms with E-state index in [-0.39, 0.29) is 0 Å². The largest absolute Gasteiger partial charge is 0.583 e. The maximum absolute atomic E-state index is 11.5. The Bertz CT molecular complexity index is 142. The molecule has 7 heteroatoms. The van der Waals surface area contributed by atoms with Gasteiger partial charge in [-0.1, -0.05) is 12.6 Å². The Kier molecular flexibility index (Phi) is 2.08. The Morgan fingerprint density at radius 3 is 2.00 bits per heavy atom. The number of rotatable bonds is 2. The quantitative estimate of drug-likeness (QED) is 0.271. The third-order valence-electron chi connectivity index (χ3n) is 0.487. The first-order chi connectivity index (χ1) is 3.89. The summed E-state index contributed by atoms with van der Waals surface area (Å²) in [6, 6.07) is -4.55. The SMILES string of the molecule is O=C(S)C(F)(F)[N+](=O)[O-]. The summed E-state index contributed by atoms with van der Waals surface area (Å²) < 4.78 is 23.1. The molecule has 0 rings (SSSR count). The highest BCUT2D eigenvalue weighted by atomic mass is 32.1. The van der Waals surface area contributed by atoms with Crippen molar-refractivity contribution >= 4 is 17.7 Å². The summed E-state index contributed by atoms with van der Waals surface area (Å²) in [6.07, 6.45) is 0. The van der Waals surface area contributed by atoms with Crippen LogP contribution in [0.3, 0.4) is 0 Å². The molecule has 0 aromatic heterocycles. The van der Waals surface area contributed by atoms with E-state index in [1.54, 1.807) is 0 Å². The molecule has 0 aromatic carbocycles. The van der Waals surface area contributed by atoms with E-state index in [0.717, 1.165) is 0 Å². The normalized spacial score (nSPS) is 11.0. The molecule has 0 radical (unpaired) electrons. The monoisotopic (exact) mass is 157 g/mol. The van der Waals surface area contributed by atoms with Crippen LogP contribution in [0.15, 0.2) is 0 Å². The Morgan fingerprint density at radius 2 is 2.00 bits per heavy atom. The van der Waals surface area contributed by atoms with Crippen molar-refractivity contribution in [2.75, 3.05) is 0 Å². The fraction of sp³-hybridized carbons (Fsp3) is 0.500. The van der Waals surface area contributed by atoms with Crippen LogP contribution in [-0.4, -0.2) is 16.1 Å². The average molecular weight is 157 g/mol. The second-order valence-corrected chi connectivity index (χ2v) is 1.51. The maximum atomic E-state index is 11.5. The highest BCUT2D eigenvalue weighted by molar-refractivity contribution is 7.96. The van der Waals surface area contributed by atoms with Gasteiger partial charge in [-0.25, -0.2) is 0 Å². The first kappa shape index (κ1) is 8.28. The minimum atomic E-state index is -4.55. The highest BCUT2D eigenvalue weighted by Crippen LogP contribution is 2.16. The van der Waals surface area contributed by atoms with Gasteiger partial charge in [0.15, 0.2) is 0 Å². The number of carbonyl (C=O) groups excluding carboxylic acids is 1. The van der Waals surface area contributed by atoms with Crippen LogP contribution < -0.4 is 0 Å². The highest BCUT2D eigenvalue weighted by Gasteiger charge is 2.51. The molecule has 0 aliphatic rings. The lowest BCUT2D eigenvalue weighted by molar-refractivity contribution is -0.620. The van der Waals surface area contributed by atoms with Gasteiger partial charge in [-0.2, -0.15) is 0 Å². The molecule has 0 aliphatic heterocycles. The Morgan fingerprint density at radius 1 is 1.67 bits per heavy atom. The zero-order chi connectivity index (χ0) is 7.65. The van der Waals surface area contributed by atoms with Crippen molar-refractivity contribution in [2.24, 2.45) is 0 Å². The van der Waals surface area contributed by atoms with E-state index >= 15 is 0 Å². The molecule has 52 valence electrons. The van der Waals surface area contributed by atoms with Crippen molar-refractivity contribution in [3.8, 4) is 0 Å². The van der Waals surface area contributed by atoms with E-state index in [9.17, 15) is 23.7 Å². The lowest BCUT2D eigenvalue weighted by Gasteiger charge is -1.98. The van der Waals surface area contributed by atoms with E-state index in [2.05, 4.69) is 12.6 Å². The van der Waals surface area contributed by atoms with E-state index in [4.69, 9.17) is 0 Å². The van der Waals surface area contributed by atoms with Gasteiger partial charge in [-0.15, -0.1) is 8.78 Å². The van der Waals surface area contributed by atoms with Crippen LogP contribution in [0.2, 0.25) is 0 Å². The fourth-order valence-corrected chi connectivity index (χ4v) is 0.160. The Balaban J connectivity index is 4.38. The second-order valence-electron chi connectivity index (χ2n) is 1.10. The number of alkyl halides is 2. The standard InChI is InChI=1S/C2HF2NO3S/c3-2(4,1(6)9)5(7)8/h(H,6,9). The molecule has 0 aromatic rings. The van der Waals surface area contributed by atoms with Crippen molar-refractivity contribution in [3.63, 3.8) is 0 Å². The maximum Gasteiger partial charge on any atom is 0.583 e. The summed E-state index contributed by atoms with van der Waals surface area (Å²) in [5.74, 6) is 0. The number of carbonyl (C=O) groups is 1. The number of hydrogen-bond donors (Lipinski definition) is 1. The summed E-state index contributed by atoms with van der Waals surface area (Å²) in [5.41, 5.74) is 0. The molecule has 0 saturated heterocycles. The molecule has 0 atom stereocenters. The lowest BCUT2D eigenvalue weighted by atomic mass is 10.6. The van der Waals surface area contributed by atoms with Crippen LogP contribution in [0, 0.1) is 10.1 Å². The first-order valence-corrected chi connectivity index (χ1v) is 2.09. The van der Waals surface area contributed by atoms with Crippen LogP contribution in [0.1, 0.15) is 0 Å². The van der Waals surface area contributed by atoms with Crippen molar-refractivity contribution < 1.29 is 18.5 Å². The topological polar surface area (TPSA) is 60.2 Å². The third kappa shape index (κ3) is 1.60. The van der Waals surface area contributed by atoms with E-state index in [1.165, 1.54) is 0 Å². The first-order valence-electron chi connectivity index (χ1n) is 1.64. The smallest absolute Gasteiger partial charge is 0.272 e. The Labute approximate surface area is 53.4 Å². The van der Waals surface area contributed by atoms with Crippen molar-refractivity contribution in [2.45, 2.75) is 6.05 Å². The van der Waals surface area contributed by atoms with Gasteiger partial charge in [-0.3, -0.25) is 14.9 Å². The van der Waals surface area contributed by atoms with Crippen molar-refractivity contribution in [3.05, 3.63) is 10.1 Å². The molecule has 0 fully saturated rings. The molecule has 0 heterocycles. The fourth-order valence-electron chi connectivity index (χ4n) is 0.0781. The predicted octanol–water partition coefficient (Wildman–Crippen LogP) is 0.312.